The molecule has 3 heterocycles. The Hall–Kier alpha value is -2.03. The third-order valence-corrected chi connectivity index (χ3v) is 5.85. The van der Waals surface area contributed by atoms with E-state index in [2.05, 4.69) is 5.10 Å². The third-order valence-electron chi connectivity index (χ3n) is 5.85. The Kier molecular flexibility index (Phi) is 6.32. The molecule has 7 nitrogen and oxygen atoms in total. The van der Waals surface area contributed by atoms with Crippen LogP contribution in [0.1, 0.15) is 36.6 Å². The minimum Gasteiger partial charge on any atom is -0.347 e. The van der Waals surface area contributed by atoms with E-state index in [1.54, 1.807) is 34.8 Å². The van der Waals surface area contributed by atoms with E-state index in [1.807, 2.05) is 7.05 Å². The third kappa shape index (κ3) is 4.34. The predicted octanol–water partition coefficient (Wildman–Crippen LogP) is 1.30. The lowest BCUT2D eigenvalue weighted by molar-refractivity contribution is -0.146. The Balaban J connectivity index is 1.68. The first-order valence-corrected chi connectivity index (χ1v) is 9.79. The van der Waals surface area contributed by atoms with E-state index in [-0.39, 0.29) is 24.3 Å². The fourth-order valence-electron chi connectivity index (χ4n) is 4.25. The van der Waals surface area contributed by atoms with E-state index in [0.717, 1.165) is 24.1 Å². The first-order chi connectivity index (χ1) is 13.3. The molecule has 1 aromatic rings. The molecule has 156 valence electrons. The van der Waals surface area contributed by atoms with Crippen molar-refractivity contribution in [3.63, 3.8) is 0 Å². The maximum Gasteiger partial charge on any atom is 0.251 e. The lowest BCUT2D eigenvalue weighted by Gasteiger charge is -2.38. The lowest BCUT2D eigenvalue weighted by Crippen LogP contribution is -2.47. The molecule has 1 atom stereocenters. The average Bonchev–Trinajstić information content (AvgIpc) is 3.02. The second-order valence-electron chi connectivity index (χ2n) is 7.98. The highest BCUT2D eigenvalue weighted by molar-refractivity contribution is 5.89. The van der Waals surface area contributed by atoms with Crippen LogP contribution in [-0.2, 0) is 23.1 Å². The largest absolute Gasteiger partial charge is 0.347 e. The highest BCUT2D eigenvalue weighted by atomic mass is 19.3. The summed E-state index contributed by atoms with van der Waals surface area (Å²) in [6, 6.07) is -0.640. The smallest absolute Gasteiger partial charge is 0.251 e. The molecule has 0 radical (unpaired) electrons. The number of nitrogens with zero attached hydrogens (tertiary/aromatic N) is 5. The van der Waals surface area contributed by atoms with Gasteiger partial charge in [-0.05, 0) is 31.8 Å². The second kappa shape index (κ2) is 8.55. The summed E-state index contributed by atoms with van der Waals surface area (Å²) in [4.78, 5) is 30.9. The van der Waals surface area contributed by atoms with E-state index in [1.165, 1.54) is 4.90 Å². The van der Waals surface area contributed by atoms with Crippen LogP contribution in [-0.4, -0.2) is 83.0 Å². The molecule has 1 aromatic heterocycles. The SMILES string of the molecule is CN(C)C(=O)C1c2cnn(C)c2CCN1C(=O)CC1CCN(CC(F)F)CC1. The summed E-state index contributed by atoms with van der Waals surface area (Å²) in [6.07, 6.45) is 1.85. The molecule has 9 heteroatoms. The van der Waals surface area contributed by atoms with Crippen molar-refractivity contribution in [1.82, 2.24) is 24.5 Å². The molecule has 28 heavy (non-hydrogen) atoms. The van der Waals surface area contributed by atoms with E-state index < -0.39 is 12.5 Å². The molecule has 2 aliphatic heterocycles. The van der Waals surface area contributed by atoms with Gasteiger partial charge in [-0.15, -0.1) is 0 Å². The topological polar surface area (TPSA) is 61.7 Å². The molecule has 0 bridgehead atoms. The van der Waals surface area contributed by atoms with Gasteiger partial charge in [0.05, 0.1) is 12.7 Å². The van der Waals surface area contributed by atoms with Crippen molar-refractivity contribution < 1.29 is 18.4 Å². The van der Waals surface area contributed by atoms with Crippen molar-refractivity contribution in [1.29, 1.82) is 0 Å². The number of fused-ring (bicyclic) bond motifs is 1. The Morgan fingerprint density at radius 2 is 1.93 bits per heavy atom. The highest BCUT2D eigenvalue weighted by Crippen LogP contribution is 2.32. The van der Waals surface area contributed by atoms with Crippen molar-refractivity contribution in [2.75, 3.05) is 40.3 Å². The van der Waals surface area contributed by atoms with E-state index in [9.17, 15) is 18.4 Å². The summed E-state index contributed by atoms with van der Waals surface area (Å²) in [6.45, 7) is 1.47. The van der Waals surface area contributed by atoms with Crippen LogP contribution in [0.4, 0.5) is 8.78 Å². The summed E-state index contributed by atoms with van der Waals surface area (Å²) >= 11 is 0. The zero-order valence-electron chi connectivity index (χ0n) is 16.8. The lowest BCUT2D eigenvalue weighted by atomic mass is 9.91. The Morgan fingerprint density at radius 1 is 1.25 bits per heavy atom. The summed E-state index contributed by atoms with van der Waals surface area (Å²) in [7, 11) is 5.23. The number of aryl methyl sites for hydroxylation is 1. The molecular weight excluding hydrogens is 368 g/mol. The molecule has 0 aliphatic carbocycles. The zero-order chi connectivity index (χ0) is 20.4. The molecule has 1 unspecified atom stereocenters. The van der Waals surface area contributed by atoms with Gasteiger partial charge in [-0.1, -0.05) is 0 Å². The Labute approximate surface area is 164 Å². The van der Waals surface area contributed by atoms with Crippen LogP contribution >= 0.6 is 0 Å². The number of likely N-dealkylation sites (N-methyl/N-ethyl adjacent to an activating group) is 1. The van der Waals surface area contributed by atoms with Gasteiger partial charge in [-0.2, -0.15) is 5.10 Å². The first-order valence-electron chi connectivity index (χ1n) is 9.79. The average molecular weight is 397 g/mol. The van der Waals surface area contributed by atoms with Gasteiger partial charge in [0, 0.05) is 51.8 Å². The molecule has 1 fully saturated rings. The standard InChI is InChI=1S/C19H29F2N5O2/c1-23(2)19(28)18-14-11-22-24(3)15(14)6-9-26(18)17(27)10-13-4-7-25(8-5-13)12-16(20)21/h11,13,16,18H,4-10,12H2,1-3H3. The quantitative estimate of drug-likeness (QED) is 0.752. The molecule has 2 amide bonds. The maximum atomic E-state index is 13.1. The molecule has 1 saturated heterocycles. The number of hydrogen-bond donors (Lipinski definition) is 0. The maximum absolute atomic E-state index is 13.1. The molecular formula is C19H29F2N5O2. The van der Waals surface area contributed by atoms with Gasteiger partial charge in [-0.3, -0.25) is 19.2 Å². The van der Waals surface area contributed by atoms with Gasteiger partial charge in [0.15, 0.2) is 0 Å². The van der Waals surface area contributed by atoms with Crippen molar-refractivity contribution in [2.24, 2.45) is 13.0 Å². The second-order valence-corrected chi connectivity index (χ2v) is 7.98. The molecule has 2 aliphatic rings. The normalized spacial score (nSPS) is 21.1. The van der Waals surface area contributed by atoms with Gasteiger partial charge in [0.1, 0.15) is 6.04 Å². The van der Waals surface area contributed by atoms with Gasteiger partial charge in [-0.25, -0.2) is 8.78 Å². The fraction of sp³-hybridized carbons (Fsp3) is 0.737. The molecule has 3 rings (SSSR count). The Morgan fingerprint density at radius 3 is 2.54 bits per heavy atom. The van der Waals surface area contributed by atoms with E-state index in [0.29, 0.717) is 32.5 Å². The number of likely N-dealkylation sites (tertiary alicyclic amines) is 1. The summed E-state index contributed by atoms with van der Waals surface area (Å²) < 4.78 is 26.8. The number of alkyl halides is 2. The van der Waals surface area contributed by atoms with Gasteiger partial charge >= 0.3 is 0 Å². The number of rotatable bonds is 5. The number of carbonyl (C=O) groups is 2. The number of carbonyl (C=O) groups excluding carboxylic acids is 2. The molecule has 0 saturated carbocycles. The number of hydrogen-bond acceptors (Lipinski definition) is 4. The van der Waals surface area contributed by atoms with Crippen LogP contribution in [0.3, 0.4) is 0 Å². The van der Waals surface area contributed by atoms with Crippen LogP contribution < -0.4 is 0 Å². The number of amides is 2. The van der Waals surface area contributed by atoms with Gasteiger partial charge < -0.3 is 9.80 Å². The monoisotopic (exact) mass is 397 g/mol. The Bertz CT molecular complexity index is 713. The summed E-state index contributed by atoms with van der Waals surface area (Å²) in [5.74, 6) is 0.00268. The van der Waals surface area contributed by atoms with Crippen molar-refractivity contribution >= 4 is 11.8 Å². The zero-order valence-corrected chi connectivity index (χ0v) is 16.8. The van der Waals surface area contributed by atoms with Gasteiger partial charge in [0.2, 0.25) is 11.8 Å². The summed E-state index contributed by atoms with van der Waals surface area (Å²) in [5, 5.41) is 4.27. The van der Waals surface area contributed by atoms with E-state index in [4.69, 9.17) is 0 Å². The van der Waals surface area contributed by atoms with Crippen LogP contribution in [0.15, 0.2) is 6.20 Å². The number of piperidine rings is 1. The van der Waals surface area contributed by atoms with Crippen LogP contribution in [0.5, 0.6) is 0 Å². The molecule has 0 aromatic carbocycles. The van der Waals surface area contributed by atoms with Crippen LogP contribution in [0.25, 0.3) is 0 Å². The van der Waals surface area contributed by atoms with Crippen molar-refractivity contribution in [2.45, 2.75) is 38.2 Å². The molecule has 0 N–H and O–H groups in total. The van der Waals surface area contributed by atoms with E-state index >= 15 is 0 Å². The van der Waals surface area contributed by atoms with Crippen molar-refractivity contribution in [3.8, 4) is 0 Å². The molecule has 0 spiro atoms. The van der Waals surface area contributed by atoms with Crippen molar-refractivity contribution in [3.05, 3.63) is 17.5 Å². The summed E-state index contributed by atoms with van der Waals surface area (Å²) in [5.41, 5.74) is 1.79. The first kappa shape index (κ1) is 20.7. The van der Waals surface area contributed by atoms with Crippen LogP contribution in [0.2, 0.25) is 0 Å². The van der Waals surface area contributed by atoms with Gasteiger partial charge in [0.25, 0.3) is 6.43 Å². The highest BCUT2D eigenvalue weighted by Gasteiger charge is 2.39. The minimum atomic E-state index is -2.32. The van der Waals surface area contributed by atoms with Crippen LogP contribution in [0, 0.1) is 5.92 Å². The number of halogens is 2. The number of aromatic nitrogens is 2. The minimum absolute atomic E-state index is 0.0398. The predicted molar refractivity (Wildman–Crippen MR) is 99.8 cm³/mol. The fourth-order valence-corrected chi connectivity index (χ4v) is 4.25.